The van der Waals surface area contributed by atoms with Crippen molar-refractivity contribution in [3.05, 3.63) is 33.8 Å². The molecular weight excluding hydrogens is 322 g/mol. The van der Waals surface area contributed by atoms with Gasteiger partial charge in [-0.15, -0.1) is 0 Å². The second kappa shape index (κ2) is 4.97. The van der Waals surface area contributed by atoms with Gasteiger partial charge in [0.1, 0.15) is 0 Å². The van der Waals surface area contributed by atoms with Gasteiger partial charge in [-0.2, -0.15) is 0 Å². The summed E-state index contributed by atoms with van der Waals surface area (Å²) in [6.45, 7) is 10.5. The van der Waals surface area contributed by atoms with E-state index in [1.807, 2.05) is 20.8 Å². The minimum Gasteiger partial charge on any atom is -0.242 e. The fourth-order valence-electron chi connectivity index (χ4n) is 2.56. The van der Waals surface area contributed by atoms with Gasteiger partial charge in [-0.3, -0.25) is 0 Å². The molecule has 19 heavy (non-hydrogen) atoms. The second-order valence-electron chi connectivity index (χ2n) is 6.87. The largest absolute Gasteiger partial charge is 0.242 e. The Balaban J connectivity index is 2.31. The van der Waals surface area contributed by atoms with Crippen LogP contribution >= 0.6 is 15.9 Å². The Labute approximate surface area is 127 Å². The molecule has 106 valence electrons. The number of nitrogens with one attached hydrogen (secondary N) is 1. The lowest BCUT2D eigenvalue weighted by molar-refractivity contribution is 0.463. The molecule has 2 atom stereocenters. The van der Waals surface area contributed by atoms with Crippen LogP contribution in [0.3, 0.4) is 0 Å². The lowest BCUT2D eigenvalue weighted by atomic mass is 9.86. The van der Waals surface area contributed by atoms with Crippen molar-refractivity contribution in [1.29, 1.82) is 0 Å². The highest BCUT2D eigenvalue weighted by Crippen LogP contribution is 2.45. The van der Waals surface area contributed by atoms with Gasteiger partial charge in [0.05, 0.1) is 15.7 Å². The van der Waals surface area contributed by atoms with Crippen LogP contribution < -0.4 is 4.72 Å². The van der Waals surface area contributed by atoms with E-state index in [1.54, 1.807) is 0 Å². The van der Waals surface area contributed by atoms with E-state index in [1.165, 1.54) is 11.1 Å². The van der Waals surface area contributed by atoms with Crippen LogP contribution in [0.4, 0.5) is 0 Å². The third-order valence-corrected chi connectivity index (χ3v) is 5.74. The predicted octanol–water partition coefficient (Wildman–Crippen LogP) is 4.22. The number of hydrogen-bond donors (Lipinski definition) is 1. The number of hydrogen-bond acceptors (Lipinski definition) is 1. The van der Waals surface area contributed by atoms with Gasteiger partial charge in [0.2, 0.25) is 0 Å². The lowest BCUT2D eigenvalue weighted by Crippen LogP contribution is -2.35. The quantitative estimate of drug-likeness (QED) is 0.855. The van der Waals surface area contributed by atoms with Crippen molar-refractivity contribution in [2.75, 3.05) is 0 Å². The fraction of sp³-hybridized carbons (Fsp3) is 0.600. The van der Waals surface area contributed by atoms with Crippen LogP contribution in [0.15, 0.2) is 22.7 Å². The topological polar surface area (TPSA) is 29.1 Å². The minimum atomic E-state index is -1.03. The zero-order valence-corrected chi connectivity index (χ0v) is 14.6. The van der Waals surface area contributed by atoms with Gasteiger partial charge < -0.3 is 0 Å². The fourth-order valence-corrected chi connectivity index (χ4v) is 3.74. The standard InChI is InChI=1S/C15H22BrNOS/c1-14(2,3)19(18)17-13-9-15(4,5)12-8-10(16)6-7-11(12)13/h6-8,13,17H,9H2,1-5H3/t13-,19?/m0/s1. The molecule has 0 heterocycles. The van der Waals surface area contributed by atoms with Crippen LogP contribution in [0.25, 0.3) is 0 Å². The molecule has 0 spiro atoms. The first-order valence-corrected chi connectivity index (χ1v) is 8.53. The van der Waals surface area contributed by atoms with Gasteiger partial charge in [-0.25, -0.2) is 8.93 Å². The average Bonchev–Trinajstić information content (AvgIpc) is 2.49. The number of rotatable bonds is 2. The number of fused-ring (bicyclic) bond motifs is 1. The summed E-state index contributed by atoms with van der Waals surface area (Å²) < 4.78 is 16.5. The van der Waals surface area contributed by atoms with Crippen molar-refractivity contribution >= 4 is 26.9 Å². The van der Waals surface area contributed by atoms with Crippen LogP contribution in [0.2, 0.25) is 0 Å². The van der Waals surface area contributed by atoms with E-state index in [2.05, 4.69) is 52.7 Å². The Morgan fingerprint density at radius 1 is 1.37 bits per heavy atom. The molecule has 1 aromatic rings. The van der Waals surface area contributed by atoms with Gasteiger partial charge in [-0.05, 0) is 55.9 Å². The minimum absolute atomic E-state index is 0.124. The third kappa shape index (κ3) is 3.11. The summed E-state index contributed by atoms with van der Waals surface area (Å²) in [5.41, 5.74) is 2.76. The van der Waals surface area contributed by atoms with Crippen LogP contribution in [-0.2, 0) is 16.4 Å². The van der Waals surface area contributed by atoms with Crippen molar-refractivity contribution in [2.45, 2.75) is 57.2 Å². The van der Waals surface area contributed by atoms with Crippen LogP contribution in [0.1, 0.15) is 58.2 Å². The van der Waals surface area contributed by atoms with Gasteiger partial charge in [0, 0.05) is 10.5 Å². The second-order valence-corrected chi connectivity index (χ2v) is 9.78. The summed E-state index contributed by atoms with van der Waals surface area (Å²) in [6, 6.07) is 6.58. The molecule has 2 rings (SSSR count). The Morgan fingerprint density at radius 2 is 2.00 bits per heavy atom. The van der Waals surface area contributed by atoms with E-state index < -0.39 is 11.0 Å². The van der Waals surface area contributed by atoms with Crippen molar-refractivity contribution in [3.8, 4) is 0 Å². The Morgan fingerprint density at radius 3 is 2.58 bits per heavy atom. The molecule has 0 bridgehead atoms. The zero-order chi connectivity index (χ0) is 14.4. The zero-order valence-electron chi connectivity index (χ0n) is 12.2. The maximum atomic E-state index is 12.3. The summed E-state index contributed by atoms with van der Waals surface area (Å²) >= 11 is 3.54. The van der Waals surface area contributed by atoms with Crippen LogP contribution in [0, 0.1) is 0 Å². The van der Waals surface area contributed by atoms with Gasteiger partial charge >= 0.3 is 0 Å². The van der Waals surface area contributed by atoms with Gasteiger partial charge in [-0.1, -0.05) is 35.8 Å². The Hall–Kier alpha value is -0.190. The molecule has 2 nitrogen and oxygen atoms in total. The molecule has 0 radical (unpaired) electrons. The van der Waals surface area contributed by atoms with Gasteiger partial charge in [0.15, 0.2) is 0 Å². The maximum absolute atomic E-state index is 12.3. The Kier molecular flexibility index (Phi) is 3.98. The first-order valence-electron chi connectivity index (χ1n) is 6.59. The van der Waals surface area contributed by atoms with Crippen molar-refractivity contribution < 1.29 is 4.21 Å². The molecule has 0 saturated carbocycles. The smallest absolute Gasteiger partial charge is 0.0975 e. The molecule has 1 unspecified atom stereocenters. The summed E-state index contributed by atoms with van der Waals surface area (Å²) in [6.07, 6.45) is 0.987. The van der Waals surface area contributed by atoms with Crippen molar-refractivity contribution in [3.63, 3.8) is 0 Å². The molecule has 4 heteroatoms. The number of halogens is 1. The molecular formula is C15H22BrNOS. The lowest BCUT2D eigenvalue weighted by Gasteiger charge is -2.23. The molecule has 1 aliphatic rings. The maximum Gasteiger partial charge on any atom is 0.0975 e. The predicted molar refractivity (Wildman–Crippen MR) is 85.6 cm³/mol. The van der Waals surface area contributed by atoms with Crippen molar-refractivity contribution in [1.82, 2.24) is 4.72 Å². The molecule has 0 saturated heterocycles. The van der Waals surface area contributed by atoms with Crippen LogP contribution in [0.5, 0.6) is 0 Å². The van der Waals surface area contributed by atoms with Crippen molar-refractivity contribution in [2.24, 2.45) is 0 Å². The van der Waals surface area contributed by atoms with E-state index >= 15 is 0 Å². The molecule has 1 aromatic carbocycles. The summed E-state index contributed by atoms with van der Waals surface area (Å²) in [5.74, 6) is 0. The Bertz CT molecular complexity index is 519. The highest BCUT2D eigenvalue weighted by atomic mass is 79.9. The SMILES string of the molecule is CC1(C)C[C@H](NS(=O)C(C)(C)C)c2ccc(Br)cc21. The highest BCUT2D eigenvalue weighted by molar-refractivity contribution is 9.10. The molecule has 1 aliphatic carbocycles. The number of benzene rings is 1. The van der Waals surface area contributed by atoms with E-state index in [0.29, 0.717) is 0 Å². The van der Waals surface area contributed by atoms with Gasteiger partial charge in [0.25, 0.3) is 0 Å². The molecule has 0 fully saturated rings. The highest BCUT2D eigenvalue weighted by Gasteiger charge is 2.38. The van der Waals surface area contributed by atoms with E-state index in [-0.39, 0.29) is 16.2 Å². The molecule has 0 amide bonds. The van der Waals surface area contributed by atoms with E-state index in [9.17, 15) is 4.21 Å². The molecule has 0 aliphatic heterocycles. The monoisotopic (exact) mass is 343 g/mol. The third-order valence-electron chi connectivity index (χ3n) is 3.64. The van der Waals surface area contributed by atoms with Crippen LogP contribution in [-0.4, -0.2) is 8.96 Å². The molecule has 1 N–H and O–H groups in total. The first kappa shape index (κ1) is 15.2. The van der Waals surface area contributed by atoms with E-state index in [0.717, 1.165) is 10.9 Å². The summed E-state index contributed by atoms with van der Waals surface area (Å²) in [5, 5.41) is 0. The molecule has 0 aromatic heterocycles. The average molecular weight is 344 g/mol. The summed E-state index contributed by atoms with van der Waals surface area (Å²) in [7, 11) is -1.03. The van der Waals surface area contributed by atoms with E-state index in [4.69, 9.17) is 0 Å². The normalized spacial score (nSPS) is 23.2. The first-order chi connectivity index (χ1) is 8.61. The summed E-state index contributed by atoms with van der Waals surface area (Å²) in [4.78, 5) is 0.